The molecule has 0 fully saturated rings. The number of ether oxygens (including phenoxy) is 2. The number of methoxy groups -OCH3 is 1. The highest BCUT2D eigenvalue weighted by molar-refractivity contribution is 7.90. The standard InChI is InChI=1S/C18H20B3NO6S/c1-26-13-10-6-5-9-12(13)17(19)15(23)14(16(22)27-17)28-29(24,25)18(20,21)11-7-3-2-4-8-11/h2-10H,19-22H2,1H3/t17-/m0/s1. The van der Waals surface area contributed by atoms with Gasteiger partial charge in [0.15, 0.2) is 13.3 Å². The number of rotatable bonds is 6. The van der Waals surface area contributed by atoms with E-state index in [4.69, 9.17) is 19.4 Å². The van der Waals surface area contributed by atoms with E-state index in [9.17, 15) is 13.2 Å². The van der Waals surface area contributed by atoms with Gasteiger partial charge in [0.05, 0.1) is 11.7 Å². The summed E-state index contributed by atoms with van der Waals surface area (Å²) in [6, 6.07) is 15.3. The van der Waals surface area contributed by atoms with E-state index in [1.807, 2.05) is 0 Å². The van der Waals surface area contributed by atoms with Gasteiger partial charge in [0.25, 0.3) is 0 Å². The molecule has 0 amide bonds. The molecule has 1 aliphatic heterocycles. The van der Waals surface area contributed by atoms with Gasteiger partial charge in [-0.3, -0.25) is 4.79 Å². The highest BCUT2D eigenvalue weighted by Crippen LogP contribution is 2.40. The van der Waals surface area contributed by atoms with Crippen LogP contribution in [0.2, 0.25) is 0 Å². The fourth-order valence-electron chi connectivity index (χ4n) is 3.13. The first-order valence-corrected chi connectivity index (χ1v) is 10.3. The maximum atomic E-state index is 13.1. The van der Waals surface area contributed by atoms with Crippen molar-refractivity contribution in [3.8, 4) is 5.75 Å². The number of nitrogens with two attached hydrogens (primary N) is 1. The minimum absolute atomic E-state index is 0.393. The minimum atomic E-state index is -4.28. The highest BCUT2D eigenvalue weighted by Gasteiger charge is 2.51. The molecule has 0 aliphatic carbocycles. The molecule has 1 aliphatic rings. The zero-order chi connectivity index (χ0) is 21.4. The lowest BCUT2D eigenvalue weighted by Gasteiger charge is -2.26. The fraction of sp³-hybridized carbons (Fsp3) is 0.167. The number of hydrogen-bond acceptors (Lipinski definition) is 7. The van der Waals surface area contributed by atoms with Gasteiger partial charge in [-0.25, -0.2) is 0 Å². The van der Waals surface area contributed by atoms with E-state index in [-0.39, 0.29) is 0 Å². The van der Waals surface area contributed by atoms with Gasteiger partial charge >= 0.3 is 10.1 Å². The van der Waals surface area contributed by atoms with Gasteiger partial charge in [-0.05, 0) is 11.6 Å². The Morgan fingerprint density at radius 2 is 1.66 bits per heavy atom. The van der Waals surface area contributed by atoms with E-state index in [0.717, 1.165) is 0 Å². The van der Waals surface area contributed by atoms with Crippen LogP contribution in [-0.2, 0) is 33.9 Å². The summed E-state index contributed by atoms with van der Waals surface area (Å²) >= 11 is 0. The maximum absolute atomic E-state index is 13.1. The summed E-state index contributed by atoms with van der Waals surface area (Å²) in [4.78, 5) is 13.1. The summed E-state index contributed by atoms with van der Waals surface area (Å²) in [6.07, 6.45) is 0. The predicted octanol–water partition coefficient (Wildman–Crippen LogP) is -1.37. The van der Waals surface area contributed by atoms with Crippen molar-refractivity contribution in [2.45, 2.75) is 10.0 Å². The maximum Gasteiger partial charge on any atom is 0.304 e. The van der Waals surface area contributed by atoms with E-state index in [1.165, 1.54) is 30.6 Å². The zero-order valence-electron chi connectivity index (χ0n) is 16.6. The second kappa shape index (κ2) is 7.22. The monoisotopic (exact) mass is 411 g/mol. The summed E-state index contributed by atoms with van der Waals surface area (Å²) in [5, 5.41) is 0. The Balaban J connectivity index is 1.96. The van der Waals surface area contributed by atoms with Gasteiger partial charge in [-0.1, -0.05) is 48.5 Å². The summed E-state index contributed by atoms with van der Waals surface area (Å²) in [5.74, 6) is -1.23. The zero-order valence-corrected chi connectivity index (χ0v) is 17.4. The van der Waals surface area contributed by atoms with E-state index >= 15 is 0 Å². The molecule has 0 saturated carbocycles. The van der Waals surface area contributed by atoms with Gasteiger partial charge in [-0.15, -0.1) is 0 Å². The van der Waals surface area contributed by atoms with Crippen molar-refractivity contribution in [3.63, 3.8) is 0 Å². The Labute approximate surface area is 172 Å². The molecule has 0 saturated heterocycles. The molecule has 7 nitrogen and oxygen atoms in total. The van der Waals surface area contributed by atoms with E-state index in [2.05, 4.69) is 0 Å². The molecule has 148 valence electrons. The van der Waals surface area contributed by atoms with Crippen LogP contribution in [0.3, 0.4) is 0 Å². The highest BCUT2D eigenvalue weighted by atomic mass is 32.2. The third kappa shape index (κ3) is 3.39. The molecule has 3 rings (SSSR count). The molecule has 2 aromatic carbocycles. The molecular weight excluding hydrogens is 391 g/mol. The van der Waals surface area contributed by atoms with Gasteiger partial charge in [0.1, 0.15) is 21.4 Å². The number of ketones is 1. The van der Waals surface area contributed by atoms with E-state index in [1.54, 1.807) is 54.6 Å². The molecule has 29 heavy (non-hydrogen) atoms. The van der Waals surface area contributed by atoms with E-state index < -0.39 is 37.6 Å². The number of Topliss-reactive ketones (excluding diaryl/α,β-unsaturated/α-hetero) is 1. The number of hydrogen-bond donors (Lipinski definition) is 1. The largest absolute Gasteiger partial charge is 0.496 e. The molecule has 1 atom stereocenters. The third-order valence-corrected chi connectivity index (χ3v) is 6.96. The summed E-state index contributed by atoms with van der Waals surface area (Å²) < 4.78 is 40.8. The molecular formula is C18H20B3NO6S. The first-order valence-electron chi connectivity index (χ1n) is 8.91. The lowest BCUT2D eigenvalue weighted by molar-refractivity contribution is -0.126. The SMILES string of the molecule is BC(B)(c1ccccc1)S(=O)(=O)OC1=C(N)O[C@@](B)(c2ccccc2OC)C1=O. The van der Waals surface area contributed by atoms with Gasteiger partial charge < -0.3 is 19.4 Å². The molecule has 0 aromatic heterocycles. The molecule has 11 heteroatoms. The Morgan fingerprint density at radius 3 is 2.28 bits per heavy atom. The quantitative estimate of drug-likeness (QED) is 0.462. The lowest BCUT2D eigenvalue weighted by atomic mass is 9.65. The normalized spacial score (nSPS) is 19.7. The fourth-order valence-corrected chi connectivity index (χ4v) is 4.14. The Hall–Kier alpha value is -2.81. The molecule has 0 bridgehead atoms. The minimum Gasteiger partial charge on any atom is -0.496 e. The second-order valence-electron chi connectivity index (χ2n) is 7.27. The van der Waals surface area contributed by atoms with Crippen LogP contribution >= 0.6 is 0 Å². The number of benzene rings is 2. The summed E-state index contributed by atoms with van der Waals surface area (Å²) in [5.41, 5.74) is 5.22. The van der Waals surface area contributed by atoms with Crippen molar-refractivity contribution in [1.82, 2.24) is 0 Å². The van der Waals surface area contributed by atoms with Crippen molar-refractivity contribution in [2.75, 3.05) is 7.11 Å². The number of carbonyl (C=O) groups is 1. The topological polar surface area (TPSA) is 105 Å². The van der Waals surface area contributed by atoms with Crippen LogP contribution in [0.5, 0.6) is 5.75 Å². The van der Waals surface area contributed by atoms with Crippen LogP contribution in [-0.4, -0.2) is 44.8 Å². The molecule has 2 N–H and O–H groups in total. The van der Waals surface area contributed by atoms with E-state index in [0.29, 0.717) is 16.9 Å². The first-order chi connectivity index (χ1) is 13.5. The van der Waals surface area contributed by atoms with Crippen LogP contribution in [0.4, 0.5) is 0 Å². The van der Waals surface area contributed by atoms with Crippen LogP contribution in [0, 0.1) is 0 Å². The number of para-hydroxylation sites is 1. The van der Waals surface area contributed by atoms with Crippen molar-refractivity contribution >= 4 is 39.4 Å². The second-order valence-corrected chi connectivity index (χ2v) is 9.37. The summed E-state index contributed by atoms with van der Waals surface area (Å²) in [7, 11) is 1.66. The van der Waals surface area contributed by atoms with Crippen molar-refractivity contribution < 1.29 is 26.9 Å². The van der Waals surface area contributed by atoms with Crippen LogP contribution < -0.4 is 10.5 Å². The molecule has 2 aromatic rings. The third-order valence-electron chi connectivity index (χ3n) is 5.09. The molecule has 0 unspecified atom stereocenters. The Morgan fingerprint density at radius 1 is 1.07 bits per heavy atom. The van der Waals surface area contributed by atoms with Crippen LogP contribution in [0.1, 0.15) is 11.1 Å². The molecule has 0 radical (unpaired) electrons. The van der Waals surface area contributed by atoms with Crippen molar-refractivity contribution in [3.05, 3.63) is 77.4 Å². The Kier molecular flexibility index (Phi) is 5.21. The molecule has 0 spiro atoms. The first kappa shape index (κ1) is 20.9. The number of carbonyl (C=O) groups excluding carboxylic acids is 1. The van der Waals surface area contributed by atoms with Crippen molar-refractivity contribution in [1.29, 1.82) is 0 Å². The van der Waals surface area contributed by atoms with Crippen LogP contribution in [0.15, 0.2) is 66.2 Å². The van der Waals surface area contributed by atoms with Gasteiger partial charge in [0, 0.05) is 5.56 Å². The predicted molar refractivity (Wildman–Crippen MR) is 116 cm³/mol. The summed E-state index contributed by atoms with van der Waals surface area (Å²) in [6.45, 7) is 0. The lowest BCUT2D eigenvalue weighted by Crippen LogP contribution is -2.40. The van der Waals surface area contributed by atoms with Crippen LogP contribution in [0.25, 0.3) is 0 Å². The van der Waals surface area contributed by atoms with Gasteiger partial charge in [0.2, 0.25) is 17.4 Å². The average Bonchev–Trinajstić information content (AvgIpc) is 2.92. The molecule has 1 heterocycles. The van der Waals surface area contributed by atoms with Crippen molar-refractivity contribution in [2.24, 2.45) is 5.73 Å². The average molecular weight is 411 g/mol. The smallest absolute Gasteiger partial charge is 0.304 e. The van der Waals surface area contributed by atoms with Gasteiger partial charge in [-0.2, -0.15) is 8.42 Å². The Bertz CT molecular complexity index is 1090.